The summed E-state index contributed by atoms with van der Waals surface area (Å²) in [5.41, 5.74) is 2.71. The Kier molecular flexibility index (Phi) is 6.04. The van der Waals surface area contributed by atoms with Crippen LogP contribution in [0, 0.1) is 13.8 Å². The Morgan fingerprint density at radius 2 is 2.04 bits per heavy atom. The highest BCUT2D eigenvalue weighted by Crippen LogP contribution is 2.25. The maximum atomic E-state index is 12.9. The molecule has 0 aliphatic carbocycles. The van der Waals surface area contributed by atoms with Gasteiger partial charge in [-0.05, 0) is 26.0 Å². The number of para-hydroxylation sites is 1. The summed E-state index contributed by atoms with van der Waals surface area (Å²) < 4.78 is 8.18. The number of hydrogen-bond donors (Lipinski definition) is 1. The Labute approximate surface area is 163 Å². The van der Waals surface area contributed by atoms with Crippen molar-refractivity contribution in [3.05, 3.63) is 69.4 Å². The quantitative estimate of drug-likeness (QED) is 0.504. The number of pyridine rings is 1. The first-order valence-corrected chi connectivity index (χ1v) is 9.31. The molecule has 8 nitrogen and oxygen atoms in total. The van der Waals surface area contributed by atoms with Gasteiger partial charge in [0.2, 0.25) is 0 Å². The first-order chi connectivity index (χ1) is 13.5. The van der Waals surface area contributed by atoms with Crippen molar-refractivity contribution in [1.82, 2.24) is 14.3 Å². The van der Waals surface area contributed by atoms with Crippen molar-refractivity contribution in [3.63, 3.8) is 0 Å². The van der Waals surface area contributed by atoms with E-state index >= 15 is 0 Å². The third kappa shape index (κ3) is 3.75. The molecule has 0 saturated carbocycles. The summed E-state index contributed by atoms with van der Waals surface area (Å²) in [5.74, 6) is -0.0592. The van der Waals surface area contributed by atoms with Gasteiger partial charge in [-0.15, -0.1) is 0 Å². The van der Waals surface area contributed by atoms with Crippen LogP contribution in [0.2, 0.25) is 0 Å². The molecule has 3 rings (SSSR count). The maximum absolute atomic E-state index is 12.9. The van der Waals surface area contributed by atoms with Crippen LogP contribution in [-0.2, 0) is 18.2 Å². The Bertz CT molecular complexity index is 1070. The van der Waals surface area contributed by atoms with Gasteiger partial charge < -0.3 is 14.5 Å². The van der Waals surface area contributed by atoms with Crippen molar-refractivity contribution >= 4 is 20.9 Å². The smallest absolute Gasteiger partial charge is 0.297 e. The monoisotopic (exact) mass is 399 g/mol. The molecule has 9 heteroatoms. The zero-order valence-electron chi connectivity index (χ0n) is 15.7. The van der Waals surface area contributed by atoms with Gasteiger partial charge in [0.1, 0.15) is 5.75 Å². The molecule has 2 aromatic heterocycles. The predicted molar refractivity (Wildman–Crippen MR) is 107 cm³/mol. The Morgan fingerprint density at radius 3 is 2.71 bits per heavy atom. The van der Waals surface area contributed by atoms with Crippen LogP contribution in [0.3, 0.4) is 0 Å². The lowest BCUT2D eigenvalue weighted by molar-refractivity contribution is -0.170. The lowest BCUT2D eigenvalue weighted by Crippen LogP contribution is -2.19. The molecule has 0 fully saturated rings. The van der Waals surface area contributed by atoms with E-state index in [0.29, 0.717) is 22.5 Å². The standard InChI is InChI=1S/C19H20N4O4P/c1-12-18(24)16(14(9-20-12)11-27-28-26)10-21-17-13(2)22(3)23(19(17)25)15-7-5-4-6-8-15/h4-10,24,28H,11H2,1-3H3/q-1. The maximum Gasteiger partial charge on any atom is 0.297 e. The highest BCUT2D eigenvalue weighted by atomic mass is 31.1. The van der Waals surface area contributed by atoms with Crippen LogP contribution < -0.4 is 10.5 Å². The van der Waals surface area contributed by atoms with E-state index in [0.717, 1.165) is 5.69 Å². The Morgan fingerprint density at radius 1 is 1.32 bits per heavy atom. The summed E-state index contributed by atoms with van der Waals surface area (Å²) in [6, 6.07) is 9.27. The average Bonchev–Trinajstić information content (AvgIpc) is 2.91. The second-order valence-electron chi connectivity index (χ2n) is 6.17. The predicted octanol–water partition coefficient (Wildman–Crippen LogP) is 2.03. The molecule has 0 saturated heterocycles. The number of aliphatic imine (C=N–C) groups is 1. The fourth-order valence-corrected chi connectivity index (χ4v) is 3.07. The Balaban J connectivity index is 2.07. The van der Waals surface area contributed by atoms with Crippen LogP contribution in [0.5, 0.6) is 5.75 Å². The molecule has 0 aliphatic rings. The van der Waals surface area contributed by atoms with Gasteiger partial charge in [0.15, 0.2) is 5.69 Å². The molecule has 1 N–H and O–H groups in total. The van der Waals surface area contributed by atoms with Gasteiger partial charge in [-0.1, -0.05) is 27.2 Å². The highest BCUT2D eigenvalue weighted by molar-refractivity contribution is 7.23. The van der Waals surface area contributed by atoms with Crippen molar-refractivity contribution < 1.29 is 14.5 Å². The van der Waals surface area contributed by atoms with E-state index in [4.69, 9.17) is 4.52 Å². The molecular weight excluding hydrogens is 379 g/mol. The normalized spacial score (nSPS) is 11.9. The molecule has 0 spiro atoms. The van der Waals surface area contributed by atoms with E-state index in [-0.39, 0.29) is 23.6 Å². The molecule has 0 amide bonds. The van der Waals surface area contributed by atoms with Gasteiger partial charge >= 0.3 is 0 Å². The third-order valence-corrected chi connectivity index (χ3v) is 4.75. The molecule has 1 unspecified atom stereocenters. The van der Waals surface area contributed by atoms with Gasteiger partial charge in [0, 0.05) is 30.6 Å². The number of aromatic nitrogens is 3. The van der Waals surface area contributed by atoms with Crippen molar-refractivity contribution in [2.75, 3.05) is 0 Å². The third-order valence-electron chi connectivity index (χ3n) is 4.49. The zero-order chi connectivity index (χ0) is 20.3. The number of rotatable bonds is 6. The van der Waals surface area contributed by atoms with Crippen molar-refractivity contribution in [1.29, 1.82) is 0 Å². The summed E-state index contributed by atoms with van der Waals surface area (Å²) in [6.45, 7) is 3.46. The molecule has 0 radical (unpaired) electrons. The fraction of sp³-hybridized carbons (Fsp3) is 0.211. The molecule has 28 heavy (non-hydrogen) atoms. The molecule has 2 heterocycles. The molecule has 0 bridgehead atoms. The second kappa shape index (κ2) is 8.48. The van der Waals surface area contributed by atoms with E-state index < -0.39 is 9.03 Å². The molecule has 1 atom stereocenters. The molecular formula is C19H20N4O4P-. The van der Waals surface area contributed by atoms with Gasteiger partial charge in [-0.3, -0.25) is 14.5 Å². The van der Waals surface area contributed by atoms with Crippen LogP contribution in [0.4, 0.5) is 5.69 Å². The van der Waals surface area contributed by atoms with Crippen LogP contribution >= 0.6 is 9.03 Å². The number of aryl methyl sites for hydroxylation is 1. The molecule has 3 aromatic rings. The van der Waals surface area contributed by atoms with Gasteiger partial charge in [0.05, 0.1) is 23.7 Å². The summed E-state index contributed by atoms with van der Waals surface area (Å²) in [6.07, 6.45) is 2.94. The Hall–Kier alpha value is -2.80. The van der Waals surface area contributed by atoms with E-state index in [2.05, 4.69) is 9.98 Å². The SMILES string of the molecule is Cc1ncc(COP[O-])c(C=Nc2c(C)n(C)n(-c3ccccc3)c2=O)c1O. The van der Waals surface area contributed by atoms with Crippen LogP contribution in [0.1, 0.15) is 22.5 Å². The van der Waals surface area contributed by atoms with E-state index in [1.54, 1.807) is 25.6 Å². The first kappa shape index (κ1) is 19.9. The first-order valence-electron chi connectivity index (χ1n) is 8.50. The minimum absolute atomic E-state index is 0.00611. The van der Waals surface area contributed by atoms with Crippen LogP contribution in [0.15, 0.2) is 46.3 Å². The van der Waals surface area contributed by atoms with Gasteiger partial charge in [-0.2, -0.15) is 0 Å². The second-order valence-corrected chi connectivity index (χ2v) is 6.63. The average molecular weight is 399 g/mol. The summed E-state index contributed by atoms with van der Waals surface area (Å²) >= 11 is 0. The lowest BCUT2D eigenvalue weighted by Gasteiger charge is -2.11. The van der Waals surface area contributed by atoms with E-state index in [1.165, 1.54) is 17.1 Å². The number of nitrogens with zero attached hydrogens (tertiary/aromatic N) is 4. The number of aromatic hydroxyl groups is 1. The number of hydrogen-bond acceptors (Lipinski definition) is 6. The van der Waals surface area contributed by atoms with Crippen molar-refractivity contribution in [3.8, 4) is 11.4 Å². The molecule has 0 aliphatic heterocycles. The topological polar surface area (TPSA) is 105 Å². The van der Waals surface area contributed by atoms with Crippen molar-refractivity contribution in [2.24, 2.45) is 12.0 Å². The van der Waals surface area contributed by atoms with Gasteiger partial charge in [-0.25, -0.2) is 9.67 Å². The largest absolute Gasteiger partial charge is 0.810 e. The number of benzene rings is 1. The highest BCUT2D eigenvalue weighted by Gasteiger charge is 2.16. The van der Waals surface area contributed by atoms with Gasteiger partial charge in [0.25, 0.3) is 5.56 Å². The molecule has 1 aromatic carbocycles. The van der Waals surface area contributed by atoms with Crippen LogP contribution in [0.25, 0.3) is 5.69 Å². The van der Waals surface area contributed by atoms with E-state index in [9.17, 15) is 14.8 Å². The minimum atomic E-state index is -0.930. The van der Waals surface area contributed by atoms with Crippen molar-refractivity contribution in [2.45, 2.75) is 20.5 Å². The molecule has 146 valence electrons. The zero-order valence-corrected chi connectivity index (χ0v) is 16.7. The fourth-order valence-electron chi connectivity index (χ4n) is 2.85. The summed E-state index contributed by atoms with van der Waals surface area (Å²) in [4.78, 5) is 32.0. The summed E-state index contributed by atoms with van der Waals surface area (Å²) in [7, 11) is 0.853. The lowest BCUT2D eigenvalue weighted by atomic mass is 10.1. The van der Waals surface area contributed by atoms with E-state index in [1.807, 2.05) is 30.3 Å². The summed E-state index contributed by atoms with van der Waals surface area (Å²) in [5, 5.41) is 10.4. The van der Waals surface area contributed by atoms with Crippen LogP contribution in [-0.4, -0.2) is 25.7 Å². The minimum Gasteiger partial charge on any atom is -0.810 e.